The first kappa shape index (κ1) is 49.8. The van der Waals surface area contributed by atoms with Crippen molar-refractivity contribution in [1.82, 2.24) is 9.80 Å². The average molecular weight is 847 g/mol. The zero-order chi connectivity index (χ0) is 42.8. The van der Waals surface area contributed by atoms with E-state index in [4.69, 9.17) is 0 Å². The number of fused-ring (bicyclic) bond motifs is 1. The van der Waals surface area contributed by atoms with Crippen molar-refractivity contribution in [2.75, 3.05) is 19.6 Å². The number of carbonyl (C=O) groups excluding carboxylic acids is 1. The molecule has 0 spiro atoms. The summed E-state index contributed by atoms with van der Waals surface area (Å²) in [7, 11) is 0. The molecule has 0 bridgehead atoms. The van der Waals surface area contributed by atoms with Crippen molar-refractivity contribution in [1.29, 1.82) is 0 Å². The van der Waals surface area contributed by atoms with Crippen molar-refractivity contribution in [3.8, 4) is 0 Å². The highest BCUT2D eigenvalue weighted by Crippen LogP contribution is 2.50. The molecule has 5 heteroatoms. The zero-order valence-corrected chi connectivity index (χ0v) is 41.8. The van der Waals surface area contributed by atoms with Gasteiger partial charge in [0, 0.05) is 35.0 Å². The minimum atomic E-state index is 0.0780. The number of rotatable bonds is 30. The second-order valence-electron chi connectivity index (χ2n) is 20.7. The van der Waals surface area contributed by atoms with Crippen molar-refractivity contribution >= 4 is 40.0 Å². The molecule has 2 aliphatic heterocycles. The Balaban J connectivity index is 1.77. The number of unbranched alkanes of at least 4 members (excludes halogenated alkanes) is 16. The standard InChI is InChI=1S/C54H90N2OS2/c1-11-15-19-23-25-29-32-42(31-27-21-17-13-3)39-55-41-44-49(51(55)46-36-38-48(59-46)54(8,9)10)52(57)56(50(44)45-35-37-47(58-45)53(5,6)7)40-43(33-28-22-18-14-4)34-30-26-24-20-16-12-2/h35-38,42-43H,11-34,39-41H2,1-10H3. The molecule has 2 aliphatic rings. The Morgan fingerprint density at radius 1 is 0.508 bits per heavy atom. The van der Waals surface area contributed by atoms with Gasteiger partial charge in [0.25, 0.3) is 5.91 Å². The lowest BCUT2D eigenvalue weighted by molar-refractivity contribution is -0.123. The number of hydrogen-bond acceptors (Lipinski definition) is 4. The van der Waals surface area contributed by atoms with Crippen LogP contribution in [-0.2, 0) is 15.6 Å². The van der Waals surface area contributed by atoms with Gasteiger partial charge < -0.3 is 9.80 Å². The highest BCUT2D eigenvalue weighted by atomic mass is 32.1. The quantitative estimate of drug-likeness (QED) is 0.0731. The Kier molecular flexibility index (Phi) is 21.4. The van der Waals surface area contributed by atoms with Crippen LogP contribution in [0.15, 0.2) is 35.4 Å². The summed E-state index contributed by atoms with van der Waals surface area (Å²) in [6, 6.07) is 9.43. The molecule has 334 valence electrons. The topological polar surface area (TPSA) is 23.6 Å². The summed E-state index contributed by atoms with van der Waals surface area (Å²) >= 11 is 3.87. The number of nitrogens with zero attached hydrogens (tertiary/aromatic N) is 2. The Labute approximate surface area is 373 Å². The van der Waals surface area contributed by atoms with Gasteiger partial charge in [0.05, 0.1) is 26.7 Å². The highest BCUT2D eigenvalue weighted by molar-refractivity contribution is 7.13. The normalized spacial score (nSPS) is 16.0. The molecule has 0 aliphatic carbocycles. The Hall–Kier alpha value is -1.85. The van der Waals surface area contributed by atoms with Crippen molar-refractivity contribution in [2.45, 2.75) is 234 Å². The van der Waals surface area contributed by atoms with Gasteiger partial charge in [-0.1, -0.05) is 198 Å². The van der Waals surface area contributed by atoms with E-state index < -0.39 is 0 Å². The van der Waals surface area contributed by atoms with Gasteiger partial charge in [0.1, 0.15) is 0 Å². The fourth-order valence-electron chi connectivity index (χ4n) is 9.47. The molecule has 59 heavy (non-hydrogen) atoms. The predicted molar refractivity (Wildman–Crippen MR) is 264 cm³/mol. The SMILES string of the molecule is CCCCCCCCC(CCCCCC)CN1CC2=C(c3ccc(C(C)(C)C)s3)N(CC(CCCCCC)CCCCCCCC)C(=O)C2=C1c1ccc(C(C)(C)C)s1. The summed E-state index contributed by atoms with van der Waals surface area (Å²) in [4.78, 5) is 25.9. The number of hydrogen-bond donors (Lipinski definition) is 0. The molecule has 1 amide bonds. The van der Waals surface area contributed by atoms with Gasteiger partial charge in [-0.25, -0.2) is 0 Å². The van der Waals surface area contributed by atoms with Crippen LogP contribution in [0.5, 0.6) is 0 Å². The minimum Gasteiger partial charge on any atom is -0.365 e. The van der Waals surface area contributed by atoms with Gasteiger partial charge in [-0.2, -0.15) is 0 Å². The molecule has 3 nitrogen and oxygen atoms in total. The second kappa shape index (κ2) is 25.3. The Bertz CT molecular complexity index is 1580. The molecule has 4 heterocycles. The summed E-state index contributed by atoms with van der Waals surface area (Å²) < 4.78 is 0. The zero-order valence-electron chi connectivity index (χ0n) is 40.2. The van der Waals surface area contributed by atoms with Crippen LogP contribution in [0.3, 0.4) is 0 Å². The van der Waals surface area contributed by atoms with Crippen LogP contribution >= 0.6 is 22.7 Å². The maximum absolute atomic E-state index is 15.5. The second-order valence-corrected chi connectivity index (χ2v) is 22.9. The number of carbonyl (C=O) groups is 1. The molecule has 0 saturated carbocycles. The van der Waals surface area contributed by atoms with Crippen molar-refractivity contribution in [3.63, 3.8) is 0 Å². The predicted octanol–water partition coefficient (Wildman–Crippen LogP) is 17.4. The van der Waals surface area contributed by atoms with E-state index in [-0.39, 0.29) is 16.7 Å². The van der Waals surface area contributed by atoms with Gasteiger partial charge in [0.15, 0.2) is 0 Å². The van der Waals surface area contributed by atoms with Crippen LogP contribution in [0.25, 0.3) is 11.4 Å². The van der Waals surface area contributed by atoms with Crippen molar-refractivity contribution in [2.24, 2.45) is 11.8 Å². The fourth-order valence-corrected chi connectivity index (χ4v) is 11.8. The lowest BCUT2D eigenvalue weighted by Gasteiger charge is -2.30. The van der Waals surface area contributed by atoms with Crippen LogP contribution in [-0.4, -0.2) is 35.3 Å². The van der Waals surface area contributed by atoms with Crippen LogP contribution < -0.4 is 0 Å². The van der Waals surface area contributed by atoms with Crippen LogP contribution in [0.1, 0.15) is 243 Å². The fraction of sp³-hybridized carbons (Fsp3) is 0.759. The largest absolute Gasteiger partial charge is 0.365 e. The molecule has 0 aromatic carbocycles. The molecule has 0 saturated heterocycles. The van der Waals surface area contributed by atoms with Crippen LogP contribution in [0.4, 0.5) is 0 Å². The maximum atomic E-state index is 15.5. The van der Waals surface area contributed by atoms with E-state index in [1.165, 1.54) is 191 Å². The monoisotopic (exact) mass is 847 g/mol. The van der Waals surface area contributed by atoms with Gasteiger partial charge in [-0.05, 0) is 72.6 Å². The van der Waals surface area contributed by atoms with Crippen molar-refractivity contribution < 1.29 is 4.79 Å². The summed E-state index contributed by atoms with van der Waals surface area (Å²) in [5, 5.41) is 0. The van der Waals surface area contributed by atoms with Crippen molar-refractivity contribution in [3.05, 3.63) is 54.9 Å². The molecule has 0 fully saturated rings. The van der Waals surface area contributed by atoms with Crippen LogP contribution in [0.2, 0.25) is 0 Å². The third-order valence-electron chi connectivity index (χ3n) is 13.2. The van der Waals surface area contributed by atoms with Gasteiger partial charge >= 0.3 is 0 Å². The van der Waals surface area contributed by atoms with Gasteiger partial charge in [-0.15, -0.1) is 22.7 Å². The molecular formula is C54H90N2OS2. The molecule has 2 atom stereocenters. The van der Waals surface area contributed by atoms with E-state index in [1.807, 2.05) is 22.7 Å². The molecule has 4 rings (SSSR count). The smallest absolute Gasteiger partial charge is 0.260 e. The molecular weight excluding hydrogens is 757 g/mol. The molecule has 0 radical (unpaired) electrons. The Morgan fingerprint density at radius 2 is 0.881 bits per heavy atom. The number of amides is 1. The first-order valence-corrected chi connectivity index (χ1v) is 26.7. The minimum absolute atomic E-state index is 0.0780. The highest BCUT2D eigenvalue weighted by Gasteiger charge is 2.45. The first-order chi connectivity index (χ1) is 28.3. The van der Waals surface area contributed by atoms with E-state index in [9.17, 15) is 0 Å². The lowest BCUT2D eigenvalue weighted by atomic mass is 9.93. The van der Waals surface area contributed by atoms with E-state index in [2.05, 4.69) is 103 Å². The first-order valence-electron chi connectivity index (χ1n) is 25.1. The van der Waals surface area contributed by atoms with Gasteiger partial charge in [-0.3, -0.25) is 4.79 Å². The Morgan fingerprint density at radius 3 is 1.29 bits per heavy atom. The van der Waals surface area contributed by atoms with E-state index >= 15 is 4.79 Å². The van der Waals surface area contributed by atoms with E-state index in [1.54, 1.807) is 0 Å². The molecule has 2 aromatic heterocycles. The average Bonchev–Trinajstić information content (AvgIpc) is 3.99. The van der Waals surface area contributed by atoms with Gasteiger partial charge in [0.2, 0.25) is 0 Å². The maximum Gasteiger partial charge on any atom is 0.260 e. The van der Waals surface area contributed by atoms with E-state index in [0.717, 1.165) is 25.2 Å². The summed E-state index contributed by atoms with van der Waals surface area (Å²) in [6.07, 6.45) is 31.6. The third-order valence-corrected chi connectivity index (χ3v) is 16.2. The lowest BCUT2D eigenvalue weighted by Crippen LogP contribution is -2.33. The molecule has 2 unspecified atom stereocenters. The van der Waals surface area contributed by atoms with Crippen LogP contribution in [0, 0.1) is 11.8 Å². The summed E-state index contributed by atoms with van der Waals surface area (Å²) in [5.74, 6) is 1.47. The number of thiophene rings is 2. The molecule has 2 aromatic rings. The summed E-state index contributed by atoms with van der Waals surface area (Å²) in [6.45, 7) is 26.0. The summed E-state index contributed by atoms with van der Waals surface area (Å²) in [5.41, 5.74) is 4.99. The van der Waals surface area contributed by atoms with E-state index in [0.29, 0.717) is 11.8 Å². The third kappa shape index (κ3) is 15.2. The molecule has 0 N–H and O–H groups in total.